The summed E-state index contributed by atoms with van der Waals surface area (Å²) in [5.41, 5.74) is 1.86. The van der Waals surface area contributed by atoms with Gasteiger partial charge in [0, 0.05) is 24.5 Å². The van der Waals surface area contributed by atoms with Gasteiger partial charge in [-0.05, 0) is 49.1 Å². The first-order valence-corrected chi connectivity index (χ1v) is 10.3. The summed E-state index contributed by atoms with van der Waals surface area (Å²) in [6.45, 7) is 4.70. The van der Waals surface area contributed by atoms with E-state index in [1.807, 2.05) is 55.5 Å². The van der Waals surface area contributed by atoms with Crippen molar-refractivity contribution in [1.82, 2.24) is 10.2 Å². The molecule has 0 fully saturated rings. The van der Waals surface area contributed by atoms with E-state index in [0.717, 1.165) is 23.3 Å². The third kappa shape index (κ3) is 6.79. The number of nitrogens with one attached hydrogen (secondary N) is 1. The van der Waals surface area contributed by atoms with Crippen molar-refractivity contribution in [3.05, 3.63) is 64.7 Å². The SMILES string of the molecule is CCCNC(=O)[C@H](C)N(Cc1ccc(OC)cc1)C(=O)CCc1ccccc1Cl. The normalized spacial score (nSPS) is 11.6. The molecule has 0 saturated heterocycles. The Morgan fingerprint density at radius 1 is 1.14 bits per heavy atom. The second-order valence-electron chi connectivity index (χ2n) is 6.93. The number of methoxy groups -OCH3 is 1. The van der Waals surface area contributed by atoms with Crippen molar-refractivity contribution in [2.24, 2.45) is 0 Å². The van der Waals surface area contributed by atoms with Gasteiger partial charge in [0.25, 0.3) is 0 Å². The maximum Gasteiger partial charge on any atom is 0.242 e. The smallest absolute Gasteiger partial charge is 0.242 e. The summed E-state index contributed by atoms with van der Waals surface area (Å²) in [5, 5.41) is 3.53. The molecule has 0 aromatic heterocycles. The van der Waals surface area contributed by atoms with Gasteiger partial charge in [-0.25, -0.2) is 0 Å². The number of carbonyl (C=O) groups is 2. The first-order valence-electron chi connectivity index (χ1n) is 9.89. The van der Waals surface area contributed by atoms with Crippen LogP contribution in [-0.4, -0.2) is 36.4 Å². The van der Waals surface area contributed by atoms with E-state index in [-0.39, 0.29) is 18.2 Å². The highest BCUT2D eigenvalue weighted by Gasteiger charge is 2.25. The molecule has 0 bridgehead atoms. The first-order chi connectivity index (χ1) is 14.0. The second-order valence-corrected chi connectivity index (χ2v) is 7.34. The molecular formula is C23H29ClN2O3. The summed E-state index contributed by atoms with van der Waals surface area (Å²) < 4.78 is 5.19. The van der Waals surface area contributed by atoms with Gasteiger partial charge >= 0.3 is 0 Å². The lowest BCUT2D eigenvalue weighted by Crippen LogP contribution is -2.47. The largest absolute Gasteiger partial charge is 0.497 e. The molecule has 0 spiro atoms. The number of halogens is 1. The average Bonchev–Trinajstić information content (AvgIpc) is 2.75. The third-order valence-corrected chi connectivity index (χ3v) is 5.16. The van der Waals surface area contributed by atoms with Crippen LogP contribution >= 0.6 is 11.6 Å². The molecule has 6 heteroatoms. The van der Waals surface area contributed by atoms with Gasteiger partial charge in [0.2, 0.25) is 11.8 Å². The number of rotatable bonds is 10. The van der Waals surface area contributed by atoms with E-state index < -0.39 is 6.04 Å². The van der Waals surface area contributed by atoms with E-state index in [4.69, 9.17) is 16.3 Å². The fraction of sp³-hybridized carbons (Fsp3) is 0.391. The molecule has 1 N–H and O–H groups in total. The minimum atomic E-state index is -0.567. The highest BCUT2D eigenvalue weighted by Crippen LogP contribution is 2.19. The van der Waals surface area contributed by atoms with Crippen LogP contribution in [0.4, 0.5) is 0 Å². The van der Waals surface area contributed by atoms with Crippen LogP contribution in [-0.2, 0) is 22.6 Å². The molecule has 0 radical (unpaired) electrons. The number of hydrogen-bond acceptors (Lipinski definition) is 3. The Bertz CT molecular complexity index is 808. The summed E-state index contributed by atoms with van der Waals surface area (Å²) >= 11 is 6.21. The number of amides is 2. The lowest BCUT2D eigenvalue weighted by Gasteiger charge is -2.29. The molecule has 0 heterocycles. The monoisotopic (exact) mass is 416 g/mol. The molecule has 2 aromatic carbocycles. The van der Waals surface area contributed by atoms with Crippen LogP contribution in [0.5, 0.6) is 5.75 Å². The molecular weight excluding hydrogens is 388 g/mol. The average molecular weight is 417 g/mol. The maximum absolute atomic E-state index is 13.1. The van der Waals surface area contributed by atoms with Crippen molar-refractivity contribution in [1.29, 1.82) is 0 Å². The van der Waals surface area contributed by atoms with Crippen molar-refractivity contribution < 1.29 is 14.3 Å². The molecule has 2 aromatic rings. The molecule has 5 nitrogen and oxygen atoms in total. The van der Waals surface area contributed by atoms with Gasteiger partial charge < -0.3 is 15.0 Å². The maximum atomic E-state index is 13.1. The molecule has 0 aliphatic carbocycles. The highest BCUT2D eigenvalue weighted by atomic mass is 35.5. The van der Waals surface area contributed by atoms with Crippen LogP contribution in [0.1, 0.15) is 37.8 Å². The molecule has 29 heavy (non-hydrogen) atoms. The van der Waals surface area contributed by atoms with Crippen LogP contribution in [0, 0.1) is 0 Å². The van der Waals surface area contributed by atoms with E-state index in [2.05, 4.69) is 5.32 Å². The third-order valence-electron chi connectivity index (χ3n) is 4.79. The van der Waals surface area contributed by atoms with E-state index in [9.17, 15) is 9.59 Å². The minimum absolute atomic E-state index is 0.0834. The van der Waals surface area contributed by atoms with Crippen LogP contribution in [0.2, 0.25) is 5.02 Å². The standard InChI is InChI=1S/C23H29ClN2O3/c1-4-15-25-23(28)17(2)26(16-18-9-12-20(29-3)13-10-18)22(27)14-11-19-7-5-6-8-21(19)24/h5-10,12-13,17H,4,11,14-16H2,1-3H3,(H,25,28)/t17-/m0/s1. The fourth-order valence-electron chi connectivity index (χ4n) is 2.99. The van der Waals surface area contributed by atoms with Crippen molar-refractivity contribution in [2.45, 2.75) is 45.7 Å². The van der Waals surface area contributed by atoms with Gasteiger partial charge in [-0.1, -0.05) is 48.9 Å². The van der Waals surface area contributed by atoms with Crippen molar-refractivity contribution >= 4 is 23.4 Å². The lowest BCUT2D eigenvalue weighted by molar-refractivity contribution is -0.140. The van der Waals surface area contributed by atoms with Gasteiger partial charge in [-0.2, -0.15) is 0 Å². The second kappa shape index (κ2) is 11.5. The predicted octanol–water partition coefficient (Wildman–Crippen LogP) is 4.22. The Kier molecular flexibility index (Phi) is 9.00. The van der Waals surface area contributed by atoms with Gasteiger partial charge in [0.05, 0.1) is 7.11 Å². The van der Waals surface area contributed by atoms with Crippen molar-refractivity contribution in [3.63, 3.8) is 0 Å². The van der Waals surface area contributed by atoms with E-state index in [1.54, 1.807) is 18.9 Å². The molecule has 1 atom stereocenters. The molecule has 0 unspecified atom stereocenters. The first kappa shape index (κ1) is 22.8. The Balaban J connectivity index is 2.14. The highest BCUT2D eigenvalue weighted by molar-refractivity contribution is 6.31. The topological polar surface area (TPSA) is 58.6 Å². The minimum Gasteiger partial charge on any atom is -0.497 e. The Labute approximate surface area is 178 Å². The predicted molar refractivity (Wildman–Crippen MR) is 116 cm³/mol. The van der Waals surface area contributed by atoms with Crippen LogP contribution in [0.3, 0.4) is 0 Å². The Morgan fingerprint density at radius 3 is 2.45 bits per heavy atom. The van der Waals surface area contributed by atoms with E-state index in [1.165, 1.54) is 0 Å². The number of carbonyl (C=O) groups excluding carboxylic acids is 2. The summed E-state index contributed by atoms with van der Waals surface area (Å²) in [7, 11) is 1.61. The Hall–Kier alpha value is -2.53. The van der Waals surface area contributed by atoms with E-state index >= 15 is 0 Å². The molecule has 0 aliphatic rings. The zero-order chi connectivity index (χ0) is 21.2. The van der Waals surface area contributed by atoms with Crippen molar-refractivity contribution in [3.8, 4) is 5.75 Å². The van der Waals surface area contributed by atoms with Gasteiger partial charge in [-0.3, -0.25) is 9.59 Å². The summed E-state index contributed by atoms with van der Waals surface area (Å²) in [5.74, 6) is 0.519. The van der Waals surface area contributed by atoms with Gasteiger partial charge in [0.1, 0.15) is 11.8 Å². The van der Waals surface area contributed by atoms with Crippen LogP contribution in [0.25, 0.3) is 0 Å². The zero-order valence-corrected chi connectivity index (χ0v) is 18.0. The number of ether oxygens (including phenoxy) is 1. The summed E-state index contributed by atoms with van der Waals surface area (Å²) in [4.78, 5) is 27.2. The fourth-order valence-corrected chi connectivity index (χ4v) is 3.22. The lowest BCUT2D eigenvalue weighted by atomic mass is 10.1. The zero-order valence-electron chi connectivity index (χ0n) is 17.3. The summed E-state index contributed by atoms with van der Waals surface area (Å²) in [6, 6.07) is 14.5. The Morgan fingerprint density at radius 2 is 1.83 bits per heavy atom. The summed E-state index contributed by atoms with van der Waals surface area (Å²) in [6.07, 6.45) is 1.66. The van der Waals surface area contributed by atoms with Crippen molar-refractivity contribution in [2.75, 3.05) is 13.7 Å². The molecule has 0 aliphatic heterocycles. The van der Waals surface area contributed by atoms with Crippen LogP contribution < -0.4 is 10.1 Å². The molecule has 0 saturated carbocycles. The number of aryl methyl sites for hydroxylation is 1. The number of benzene rings is 2. The number of hydrogen-bond donors (Lipinski definition) is 1. The number of nitrogens with zero attached hydrogens (tertiary/aromatic N) is 1. The van der Waals surface area contributed by atoms with Gasteiger partial charge in [0.15, 0.2) is 0 Å². The molecule has 2 rings (SSSR count). The van der Waals surface area contributed by atoms with E-state index in [0.29, 0.717) is 24.5 Å². The molecule has 156 valence electrons. The quantitative estimate of drug-likeness (QED) is 0.630. The molecule has 2 amide bonds. The van der Waals surface area contributed by atoms with Gasteiger partial charge in [-0.15, -0.1) is 0 Å². The van der Waals surface area contributed by atoms with Crippen LogP contribution in [0.15, 0.2) is 48.5 Å².